The molecule has 0 spiro atoms. The summed E-state index contributed by atoms with van der Waals surface area (Å²) in [5, 5.41) is 9.91. The van der Waals surface area contributed by atoms with E-state index in [1.807, 2.05) is 0 Å². The van der Waals surface area contributed by atoms with Crippen molar-refractivity contribution in [2.45, 2.75) is 6.42 Å². The van der Waals surface area contributed by atoms with Gasteiger partial charge in [-0.2, -0.15) is 0 Å². The number of hydrogen-bond donors (Lipinski definition) is 1. The molecule has 10 heavy (non-hydrogen) atoms. The van der Waals surface area contributed by atoms with Crippen LogP contribution in [0.1, 0.15) is 5.69 Å². The number of rotatable bonds is 2. The number of nitrogens with one attached hydrogen (secondary N) is 1. The van der Waals surface area contributed by atoms with Crippen molar-refractivity contribution in [3.8, 4) is 0 Å². The molecule has 0 unspecified atom stereocenters. The fraction of sp³-hybridized carbons (Fsp3) is 0.200. The fourth-order valence-electron chi connectivity index (χ4n) is 0.537. The first-order chi connectivity index (χ1) is 4.29. The number of carbonyl (C=O) groups is 1. The van der Waals surface area contributed by atoms with Gasteiger partial charge in [0.2, 0.25) is 0 Å². The van der Waals surface area contributed by atoms with Crippen LogP contribution in [0.15, 0.2) is 12.5 Å². The maximum Gasteiger partial charge on any atom is 1.00 e. The van der Waals surface area contributed by atoms with Gasteiger partial charge in [-0.1, -0.05) is 0 Å². The van der Waals surface area contributed by atoms with Crippen molar-refractivity contribution < 1.29 is 61.3 Å². The van der Waals surface area contributed by atoms with E-state index in [9.17, 15) is 9.90 Å². The van der Waals surface area contributed by atoms with Gasteiger partial charge in [0.1, 0.15) is 0 Å². The van der Waals surface area contributed by atoms with Gasteiger partial charge in [-0.15, -0.1) is 0 Å². The Hall–Kier alpha value is 0.316. The first kappa shape index (κ1) is 10.3. The minimum atomic E-state index is -1.10. The normalized spacial score (nSPS) is 8.40. The molecular formula is C5H5KN2O2. The average Bonchev–Trinajstić information content (AvgIpc) is 2.15. The van der Waals surface area contributed by atoms with Gasteiger partial charge in [-0.25, -0.2) is 4.98 Å². The molecule has 0 saturated carbocycles. The zero-order chi connectivity index (χ0) is 6.69. The number of carbonyl (C=O) groups excluding carboxylic acids is 1. The number of carboxylic acids is 1. The average molecular weight is 164 g/mol. The van der Waals surface area contributed by atoms with Gasteiger partial charge in [0, 0.05) is 24.3 Å². The SMILES string of the molecule is O=C([O-])Cc1cnc[nH]1.[K+]. The molecule has 1 rings (SSSR count). The van der Waals surface area contributed by atoms with E-state index in [4.69, 9.17) is 0 Å². The van der Waals surface area contributed by atoms with Crippen LogP contribution in [-0.2, 0) is 11.2 Å². The maximum atomic E-state index is 9.91. The van der Waals surface area contributed by atoms with Gasteiger partial charge in [-0.3, -0.25) is 0 Å². The summed E-state index contributed by atoms with van der Waals surface area (Å²) in [5.41, 5.74) is 0.565. The van der Waals surface area contributed by atoms with Crippen molar-refractivity contribution >= 4 is 5.97 Å². The minimum absolute atomic E-state index is 0. The Labute approximate surface area is 100 Å². The quantitative estimate of drug-likeness (QED) is 0.450. The summed E-state index contributed by atoms with van der Waals surface area (Å²) in [6.45, 7) is 0. The molecule has 0 saturated heterocycles. The van der Waals surface area contributed by atoms with Crippen LogP contribution < -0.4 is 56.5 Å². The molecule has 0 bridgehead atoms. The van der Waals surface area contributed by atoms with Crippen LogP contribution in [0.25, 0.3) is 0 Å². The van der Waals surface area contributed by atoms with Crippen molar-refractivity contribution in [3.63, 3.8) is 0 Å². The number of aromatic nitrogens is 2. The van der Waals surface area contributed by atoms with E-state index in [1.165, 1.54) is 12.5 Å². The molecule has 0 aromatic carbocycles. The third-order valence-electron chi connectivity index (χ3n) is 0.890. The monoisotopic (exact) mass is 164 g/mol. The number of aromatic amines is 1. The number of nitrogens with zero attached hydrogens (tertiary/aromatic N) is 1. The molecule has 0 aliphatic heterocycles. The second-order valence-electron chi connectivity index (χ2n) is 1.63. The first-order valence-corrected chi connectivity index (χ1v) is 2.46. The van der Waals surface area contributed by atoms with E-state index >= 15 is 0 Å². The molecule has 1 N–H and O–H groups in total. The summed E-state index contributed by atoms with van der Waals surface area (Å²) in [7, 11) is 0. The molecule has 1 heterocycles. The zero-order valence-corrected chi connectivity index (χ0v) is 8.75. The van der Waals surface area contributed by atoms with Gasteiger partial charge in [0.05, 0.1) is 6.33 Å². The Morgan fingerprint density at radius 1 is 1.80 bits per heavy atom. The first-order valence-electron chi connectivity index (χ1n) is 2.46. The van der Waals surface area contributed by atoms with E-state index in [1.54, 1.807) is 0 Å². The molecule has 0 aliphatic carbocycles. The molecule has 1 aromatic rings. The van der Waals surface area contributed by atoms with Gasteiger partial charge >= 0.3 is 51.4 Å². The van der Waals surface area contributed by atoms with Gasteiger partial charge in [0.15, 0.2) is 0 Å². The summed E-state index contributed by atoms with van der Waals surface area (Å²) in [5.74, 6) is -1.10. The van der Waals surface area contributed by atoms with E-state index in [0.717, 1.165) is 0 Å². The summed E-state index contributed by atoms with van der Waals surface area (Å²) in [4.78, 5) is 16.2. The third-order valence-corrected chi connectivity index (χ3v) is 0.890. The molecule has 5 heteroatoms. The van der Waals surface area contributed by atoms with Crippen LogP contribution in [0.5, 0.6) is 0 Å². The van der Waals surface area contributed by atoms with Crippen molar-refractivity contribution in [1.29, 1.82) is 0 Å². The Kier molecular flexibility index (Phi) is 5.19. The molecule has 0 amide bonds. The second kappa shape index (κ2) is 5.03. The Bertz CT molecular complexity index is 197. The van der Waals surface area contributed by atoms with Gasteiger partial charge in [0.25, 0.3) is 0 Å². The van der Waals surface area contributed by atoms with E-state index < -0.39 is 5.97 Å². The third kappa shape index (κ3) is 3.48. The molecular weight excluding hydrogens is 159 g/mol. The molecule has 1 aromatic heterocycles. The Morgan fingerprint density at radius 2 is 2.50 bits per heavy atom. The zero-order valence-electron chi connectivity index (χ0n) is 5.63. The summed E-state index contributed by atoms with van der Waals surface area (Å²) < 4.78 is 0. The standard InChI is InChI=1S/C5H6N2O2.K/c8-5(9)1-4-2-6-3-7-4;/h2-3H,1H2,(H,6,7)(H,8,9);/q;+1/p-1. The maximum absolute atomic E-state index is 9.91. The molecule has 0 atom stereocenters. The topological polar surface area (TPSA) is 68.8 Å². The predicted molar refractivity (Wildman–Crippen MR) is 27.3 cm³/mol. The van der Waals surface area contributed by atoms with E-state index in [-0.39, 0.29) is 57.8 Å². The van der Waals surface area contributed by atoms with Crippen molar-refractivity contribution in [2.75, 3.05) is 0 Å². The molecule has 0 radical (unpaired) electrons. The van der Waals surface area contributed by atoms with Crippen LogP contribution in [0.4, 0.5) is 0 Å². The number of imidazole rings is 1. The predicted octanol–water partition coefficient (Wildman–Crippen LogP) is -4.29. The molecule has 0 fully saturated rings. The molecule has 48 valence electrons. The van der Waals surface area contributed by atoms with Gasteiger partial charge in [-0.05, 0) is 0 Å². The van der Waals surface area contributed by atoms with Crippen molar-refractivity contribution in [1.82, 2.24) is 9.97 Å². The summed E-state index contributed by atoms with van der Waals surface area (Å²) >= 11 is 0. The van der Waals surface area contributed by atoms with Crippen molar-refractivity contribution in [3.05, 3.63) is 18.2 Å². The van der Waals surface area contributed by atoms with Crippen LogP contribution in [0.2, 0.25) is 0 Å². The van der Waals surface area contributed by atoms with Crippen LogP contribution >= 0.6 is 0 Å². The summed E-state index contributed by atoms with van der Waals surface area (Å²) in [6, 6.07) is 0. The van der Waals surface area contributed by atoms with Crippen LogP contribution in [-0.4, -0.2) is 15.9 Å². The number of carboxylic acid groups (broad SMARTS) is 1. The largest absolute Gasteiger partial charge is 1.00 e. The second-order valence-corrected chi connectivity index (χ2v) is 1.63. The molecule has 0 aliphatic rings. The number of aliphatic carboxylic acids is 1. The Morgan fingerprint density at radius 3 is 2.90 bits per heavy atom. The molecule has 4 nitrogen and oxygen atoms in total. The number of hydrogen-bond acceptors (Lipinski definition) is 3. The Balaban J connectivity index is 0.000000810. The minimum Gasteiger partial charge on any atom is -0.550 e. The smallest absolute Gasteiger partial charge is 0.550 e. The van der Waals surface area contributed by atoms with E-state index in [0.29, 0.717) is 5.69 Å². The van der Waals surface area contributed by atoms with E-state index in [2.05, 4.69) is 9.97 Å². The summed E-state index contributed by atoms with van der Waals surface area (Å²) in [6.07, 6.45) is 2.79. The van der Waals surface area contributed by atoms with Gasteiger partial charge < -0.3 is 14.9 Å². The van der Waals surface area contributed by atoms with Crippen LogP contribution in [0.3, 0.4) is 0 Å². The number of H-pyrrole nitrogens is 1. The van der Waals surface area contributed by atoms with Crippen LogP contribution in [0, 0.1) is 0 Å². The fourth-order valence-corrected chi connectivity index (χ4v) is 0.537. The van der Waals surface area contributed by atoms with Crippen molar-refractivity contribution in [2.24, 2.45) is 0 Å².